The number of hydrogen-bond donors (Lipinski definition) is 0. The minimum atomic E-state index is -0.196. The van der Waals surface area contributed by atoms with Crippen LogP contribution in [0, 0.1) is 22.7 Å². The highest BCUT2D eigenvalue weighted by molar-refractivity contribution is 5.66. The van der Waals surface area contributed by atoms with Crippen LogP contribution >= 0.6 is 0 Å². The van der Waals surface area contributed by atoms with E-state index >= 15 is 0 Å². The minimum absolute atomic E-state index is 0.0131. The van der Waals surface area contributed by atoms with Crippen molar-refractivity contribution in [2.45, 2.75) is 97.4 Å². The van der Waals surface area contributed by atoms with Crippen molar-refractivity contribution in [1.82, 2.24) is 0 Å². The summed E-state index contributed by atoms with van der Waals surface area (Å²) in [5, 5.41) is 0. The lowest BCUT2D eigenvalue weighted by Crippen LogP contribution is -2.64. The smallest absolute Gasteiger partial charge is 0.302 e. The predicted molar refractivity (Wildman–Crippen MR) is 100 cm³/mol. The molecule has 0 aromatic rings. The first-order valence-corrected chi connectivity index (χ1v) is 9.98. The lowest BCUT2D eigenvalue weighted by molar-refractivity contribution is -0.263. The van der Waals surface area contributed by atoms with Crippen LogP contribution in [0.5, 0.6) is 0 Å². The zero-order valence-electron chi connectivity index (χ0n) is 17.0. The second kappa shape index (κ2) is 5.84. The van der Waals surface area contributed by atoms with Gasteiger partial charge in [0, 0.05) is 12.3 Å². The van der Waals surface area contributed by atoms with Gasteiger partial charge in [0.1, 0.15) is 6.10 Å². The quantitative estimate of drug-likeness (QED) is 0.503. The third-order valence-corrected chi connectivity index (χ3v) is 8.07. The molecule has 0 N–H and O–H groups in total. The molecule has 3 rings (SSSR count). The van der Waals surface area contributed by atoms with Gasteiger partial charge >= 0.3 is 5.97 Å². The first kappa shape index (κ1) is 18.9. The highest BCUT2D eigenvalue weighted by Crippen LogP contribution is 2.65. The minimum Gasteiger partial charge on any atom is -0.462 e. The maximum absolute atomic E-state index is 11.6. The zero-order chi connectivity index (χ0) is 18.7. The van der Waals surface area contributed by atoms with Gasteiger partial charge in [-0.25, -0.2) is 0 Å². The fourth-order valence-electron chi connectivity index (χ4n) is 6.81. The third-order valence-electron chi connectivity index (χ3n) is 8.07. The topological polar surface area (TPSA) is 35.5 Å². The number of carbonyl (C=O) groups excluding carboxylic acids is 1. The van der Waals surface area contributed by atoms with Gasteiger partial charge in [0.15, 0.2) is 0 Å². The summed E-state index contributed by atoms with van der Waals surface area (Å²) in [4.78, 5) is 11.6. The molecule has 3 fully saturated rings. The molecule has 25 heavy (non-hydrogen) atoms. The summed E-state index contributed by atoms with van der Waals surface area (Å²) in [6.07, 6.45) is 8.57. The Labute approximate surface area is 153 Å². The van der Waals surface area contributed by atoms with E-state index in [9.17, 15) is 4.79 Å². The van der Waals surface area contributed by atoms with E-state index in [2.05, 4.69) is 41.2 Å². The van der Waals surface area contributed by atoms with Gasteiger partial charge in [-0.05, 0) is 69.6 Å². The molecule has 0 aromatic carbocycles. The van der Waals surface area contributed by atoms with Gasteiger partial charge in [0.25, 0.3) is 0 Å². The Bertz CT molecular complexity index is 568. The number of carbonyl (C=O) groups is 1. The molecule has 2 saturated carbocycles. The molecule has 0 amide bonds. The maximum atomic E-state index is 11.6. The Hall–Kier alpha value is -0.830. The van der Waals surface area contributed by atoms with Gasteiger partial charge in [-0.15, -0.1) is 6.58 Å². The van der Waals surface area contributed by atoms with Gasteiger partial charge in [-0.2, -0.15) is 0 Å². The molecular formula is C22H36O3. The Morgan fingerprint density at radius 3 is 2.28 bits per heavy atom. The predicted octanol–water partition coefficient (Wildman–Crippen LogP) is 5.28. The van der Waals surface area contributed by atoms with Crippen LogP contribution in [0.25, 0.3) is 0 Å². The van der Waals surface area contributed by atoms with Crippen LogP contribution in [0.1, 0.15) is 80.1 Å². The average Bonchev–Trinajstić information content (AvgIpc) is 2.49. The lowest BCUT2D eigenvalue weighted by atomic mass is 9.44. The van der Waals surface area contributed by atoms with Crippen LogP contribution < -0.4 is 0 Å². The molecule has 0 radical (unpaired) electrons. The van der Waals surface area contributed by atoms with Crippen molar-refractivity contribution in [3.8, 4) is 0 Å². The van der Waals surface area contributed by atoms with Crippen molar-refractivity contribution in [1.29, 1.82) is 0 Å². The first-order valence-electron chi connectivity index (χ1n) is 9.98. The van der Waals surface area contributed by atoms with Crippen LogP contribution in [-0.4, -0.2) is 23.3 Å². The van der Waals surface area contributed by atoms with E-state index in [4.69, 9.17) is 9.47 Å². The zero-order valence-corrected chi connectivity index (χ0v) is 17.0. The van der Waals surface area contributed by atoms with E-state index in [1.807, 2.05) is 6.08 Å². The van der Waals surface area contributed by atoms with E-state index < -0.39 is 0 Å². The number of hydrogen-bond acceptors (Lipinski definition) is 3. The summed E-state index contributed by atoms with van der Waals surface area (Å²) in [6, 6.07) is 0. The third kappa shape index (κ3) is 2.87. The Morgan fingerprint density at radius 1 is 1.04 bits per heavy atom. The second-order valence-electron chi connectivity index (χ2n) is 10.1. The van der Waals surface area contributed by atoms with Gasteiger partial charge in [-0.1, -0.05) is 26.8 Å². The molecular weight excluding hydrogens is 312 g/mol. The Kier molecular flexibility index (Phi) is 4.42. The summed E-state index contributed by atoms with van der Waals surface area (Å²) in [6.45, 7) is 17.1. The Morgan fingerprint density at radius 2 is 1.68 bits per heavy atom. The highest BCUT2D eigenvalue weighted by atomic mass is 16.5. The van der Waals surface area contributed by atoms with E-state index in [0.717, 1.165) is 32.1 Å². The molecule has 0 bridgehead atoms. The Balaban J connectivity index is 1.90. The van der Waals surface area contributed by atoms with E-state index in [0.29, 0.717) is 11.8 Å². The van der Waals surface area contributed by atoms with Crippen LogP contribution in [-0.2, 0) is 14.3 Å². The molecule has 1 aliphatic heterocycles. The molecule has 3 aliphatic rings. The monoisotopic (exact) mass is 348 g/mol. The van der Waals surface area contributed by atoms with Crippen LogP contribution in [0.3, 0.4) is 0 Å². The maximum Gasteiger partial charge on any atom is 0.302 e. The first-order chi connectivity index (χ1) is 11.5. The van der Waals surface area contributed by atoms with E-state index in [1.54, 1.807) is 0 Å². The summed E-state index contributed by atoms with van der Waals surface area (Å²) in [5.74, 6) is 0.974. The lowest BCUT2D eigenvalue weighted by Gasteiger charge is -2.66. The van der Waals surface area contributed by atoms with Crippen molar-refractivity contribution < 1.29 is 14.3 Å². The van der Waals surface area contributed by atoms with Crippen molar-refractivity contribution in [2.24, 2.45) is 22.7 Å². The molecule has 6 unspecified atom stereocenters. The molecule has 3 nitrogen and oxygen atoms in total. The van der Waals surface area contributed by atoms with Crippen molar-refractivity contribution in [3.63, 3.8) is 0 Å². The van der Waals surface area contributed by atoms with E-state index in [1.165, 1.54) is 13.3 Å². The molecule has 3 heteroatoms. The van der Waals surface area contributed by atoms with E-state index in [-0.39, 0.29) is 34.1 Å². The summed E-state index contributed by atoms with van der Waals surface area (Å²) < 4.78 is 12.4. The highest BCUT2D eigenvalue weighted by Gasteiger charge is 2.63. The number of rotatable bonds is 2. The van der Waals surface area contributed by atoms with Gasteiger partial charge < -0.3 is 9.47 Å². The molecule has 0 spiro atoms. The van der Waals surface area contributed by atoms with Crippen molar-refractivity contribution >= 4 is 5.97 Å². The summed E-state index contributed by atoms with van der Waals surface area (Å²) in [7, 11) is 0. The normalized spacial score (nSPS) is 48.8. The second-order valence-corrected chi connectivity index (χ2v) is 10.1. The standard InChI is InChI=1S/C22H36O3/c1-8-20(5)12-9-17-21(6)13-11-18(24-15(2)23)19(3,4)16(21)10-14-22(17,7)25-20/h8,16-18H,1,9-14H2,2-7H3. The average molecular weight is 349 g/mol. The number of ether oxygens (including phenoxy) is 2. The molecule has 6 atom stereocenters. The fourth-order valence-corrected chi connectivity index (χ4v) is 6.81. The largest absolute Gasteiger partial charge is 0.462 e. The van der Waals surface area contributed by atoms with Gasteiger partial charge in [0.05, 0.1) is 11.2 Å². The summed E-state index contributed by atoms with van der Waals surface area (Å²) in [5.41, 5.74) is -0.00939. The van der Waals surface area contributed by atoms with Gasteiger partial charge in [0.2, 0.25) is 0 Å². The van der Waals surface area contributed by atoms with Crippen LogP contribution in [0.2, 0.25) is 0 Å². The van der Waals surface area contributed by atoms with Crippen molar-refractivity contribution in [2.75, 3.05) is 0 Å². The van der Waals surface area contributed by atoms with Crippen LogP contribution in [0.15, 0.2) is 12.7 Å². The molecule has 142 valence electrons. The molecule has 1 heterocycles. The number of fused-ring (bicyclic) bond motifs is 3. The molecule has 1 saturated heterocycles. The SMILES string of the molecule is C=CC1(C)CCC2C(C)(CCC3C(C)(C)C(OC(C)=O)CCC23C)O1. The molecule has 2 aliphatic carbocycles. The van der Waals surface area contributed by atoms with Crippen molar-refractivity contribution in [3.05, 3.63) is 12.7 Å². The number of esters is 1. The molecule has 0 aromatic heterocycles. The fraction of sp³-hybridized carbons (Fsp3) is 0.864. The summed E-state index contributed by atoms with van der Waals surface area (Å²) >= 11 is 0. The van der Waals surface area contributed by atoms with Crippen LogP contribution in [0.4, 0.5) is 0 Å². The van der Waals surface area contributed by atoms with Gasteiger partial charge in [-0.3, -0.25) is 4.79 Å².